The number of sulfonamides is 1. The number of ether oxygens (including phenoxy) is 1. The SMILES string of the molecule is Cn1cc([C@@H]2CN(S(=O)(=O)c3sccc3Br)CCO2)cn1. The maximum atomic E-state index is 12.7. The van der Waals surface area contributed by atoms with Crippen LogP contribution in [0.25, 0.3) is 0 Å². The minimum absolute atomic E-state index is 0.277. The summed E-state index contributed by atoms with van der Waals surface area (Å²) < 4.78 is 35.2. The zero-order valence-electron chi connectivity index (χ0n) is 11.3. The number of nitrogens with zero attached hydrogens (tertiary/aromatic N) is 3. The van der Waals surface area contributed by atoms with Crippen molar-refractivity contribution in [1.29, 1.82) is 0 Å². The van der Waals surface area contributed by atoms with Gasteiger partial charge in [0.1, 0.15) is 4.21 Å². The predicted octanol–water partition coefficient (Wildman–Crippen LogP) is 2.01. The number of halogens is 1. The van der Waals surface area contributed by atoms with Crippen LogP contribution in [0, 0.1) is 0 Å². The normalized spacial score (nSPS) is 20.8. The van der Waals surface area contributed by atoms with E-state index in [-0.39, 0.29) is 6.10 Å². The molecule has 0 radical (unpaired) electrons. The third-order valence-electron chi connectivity index (χ3n) is 3.28. The first-order chi connectivity index (χ1) is 9.98. The summed E-state index contributed by atoms with van der Waals surface area (Å²) in [5, 5.41) is 5.87. The Labute approximate surface area is 135 Å². The Morgan fingerprint density at radius 2 is 2.33 bits per heavy atom. The van der Waals surface area contributed by atoms with Crippen LogP contribution in [0.3, 0.4) is 0 Å². The molecule has 1 atom stereocenters. The van der Waals surface area contributed by atoms with E-state index in [4.69, 9.17) is 4.74 Å². The first-order valence-electron chi connectivity index (χ1n) is 6.32. The highest BCUT2D eigenvalue weighted by atomic mass is 79.9. The highest BCUT2D eigenvalue weighted by Crippen LogP contribution is 2.32. The van der Waals surface area contributed by atoms with E-state index in [0.29, 0.717) is 28.4 Å². The molecule has 114 valence electrons. The molecule has 1 aliphatic heterocycles. The van der Waals surface area contributed by atoms with Gasteiger partial charge in [0.15, 0.2) is 0 Å². The molecular formula is C12H14BrN3O3S2. The van der Waals surface area contributed by atoms with Gasteiger partial charge in [0.2, 0.25) is 0 Å². The van der Waals surface area contributed by atoms with Gasteiger partial charge in [-0.05, 0) is 27.4 Å². The first-order valence-corrected chi connectivity index (χ1v) is 9.43. The topological polar surface area (TPSA) is 64.4 Å². The lowest BCUT2D eigenvalue weighted by atomic mass is 10.2. The van der Waals surface area contributed by atoms with E-state index in [0.717, 1.165) is 5.56 Å². The summed E-state index contributed by atoms with van der Waals surface area (Å²) in [5.74, 6) is 0. The zero-order valence-corrected chi connectivity index (χ0v) is 14.5. The van der Waals surface area contributed by atoms with Gasteiger partial charge in [-0.15, -0.1) is 11.3 Å². The predicted molar refractivity (Wildman–Crippen MR) is 82.7 cm³/mol. The van der Waals surface area contributed by atoms with Crippen molar-refractivity contribution in [3.8, 4) is 0 Å². The summed E-state index contributed by atoms with van der Waals surface area (Å²) in [6.07, 6.45) is 3.28. The third kappa shape index (κ3) is 2.93. The minimum Gasteiger partial charge on any atom is -0.371 e. The Kier molecular flexibility index (Phi) is 4.19. The van der Waals surface area contributed by atoms with Crippen molar-refractivity contribution in [1.82, 2.24) is 14.1 Å². The van der Waals surface area contributed by atoms with E-state index in [9.17, 15) is 8.42 Å². The van der Waals surface area contributed by atoms with Gasteiger partial charge in [0.25, 0.3) is 10.0 Å². The molecule has 2 aromatic heterocycles. The molecule has 0 saturated carbocycles. The molecule has 0 amide bonds. The second-order valence-corrected chi connectivity index (χ2v) is 8.63. The number of rotatable bonds is 3. The average molecular weight is 392 g/mol. The molecule has 0 spiro atoms. The number of hydrogen-bond acceptors (Lipinski definition) is 5. The number of aromatic nitrogens is 2. The third-order valence-corrected chi connectivity index (χ3v) is 7.80. The molecular weight excluding hydrogens is 378 g/mol. The summed E-state index contributed by atoms with van der Waals surface area (Å²) in [6, 6.07) is 1.75. The lowest BCUT2D eigenvalue weighted by molar-refractivity contribution is -0.00254. The highest BCUT2D eigenvalue weighted by molar-refractivity contribution is 9.10. The largest absolute Gasteiger partial charge is 0.371 e. The van der Waals surface area contributed by atoms with Gasteiger partial charge in [-0.2, -0.15) is 9.40 Å². The number of thiophene rings is 1. The van der Waals surface area contributed by atoms with Gasteiger partial charge in [-0.3, -0.25) is 4.68 Å². The Hall–Kier alpha value is -0.740. The molecule has 0 aliphatic carbocycles. The molecule has 2 aromatic rings. The Morgan fingerprint density at radius 1 is 1.52 bits per heavy atom. The van der Waals surface area contributed by atoms with Crippen molar-refractivity contribution in [2.45, 2.75) is 10.3 Å². The quantitative estimate of drug-likeness (QED) is 0.802. The van der Waals surface area contributed by atoms with Gasteiger partial charge in [-0.25, -0.2) is 8.42 Å². The standard InChI is InChI=1S/C12H14BrN3O3S2/c1-15-7-9(6-14-15)11-8-16(3-4-19-11)21(17,18)12-10(13)2-5-20-12/h2,5-7,11H,3-4,8H2,1H3/t11-/m0/s1. The fourth-order valence-electron chi connectivity index (χ4n) is 2.23. The van der Waals surface area contributed by atoms with E-state index in [2.05, 4.69) is 21.0 Å². The molecule has 3 rings (SSSR count). The summed E-state index contributed by atoms with van der Waals surface area (Å²) in [5.41, 5.74) is 0.891. The van der Waals surface area contributed by atoms with Crippen LogP contribution < -0.4 is 0 Å². The molecule has 0 N–H and O–H groups in total. The van der Waals surface area contributed by atoms with Crippen molar-refractivity contribution < 1.29 is 13.2 Å². The van der Waals surface area contributed by atoms with Gasteiger partial charge in [0, 0.05) is 36.4 Å². The van der Waals surface area contributed by atoms with Crippen LogP contribution in [0.4, 0.5) is 0 Å². The second kappa shape index (κ2) is 5.81. The molecule has 9 heteroatoms. The van der Waals surface area contributed by atoms with E-state index in [1.165, 1.54) is 15.6 Å². The molecule has 3 heterocycles. The van der Waals surface area contributed by atoms with Crippen LogP contribution in [0.2, 0.25) is 0 Å². The van der Waals surface area contributed by atoms with Gasteiger partial charge >= 0.3 is 0 Å². The zero-order chi connectivity index (χ0) is 15.0. The van der Waals surface area contributed by atoms with Crippen molar-refractivity contribution in [2.24, 2.45) is 7.05 Å². The lowest BCUT2D eigenvalue weighted by Gasteiger charge is -2.31. The Balaban J connectivity index is 1.85. The van der Waals surface area contributed by atoms with Crippen molar-refractivity contribution >= 4 is 37.3 Å². The molecule has 1 fully saturated rings. The Bertz CT molecular complexity index is 741. The second-order valence-electron chi connectivity index (χ2n) is 4.73. The summed E-state index contributed by atoms with van der Waals surface area (Å²) >= 11 is 4.51. The van der Waals surface area contributed by atoms with Crippen molar-refractivity contribution in [2.75, 3.05) is 19.7 Å². The van der Waals surface area contributed by atoms with Crippen LogP contribution >= 0.6 is 27.3 Å². The molecule has 1 aliphatic rings. The molecule has 21 heavy (non-hydrogen) atoms. The number of morpholine rings is 1. The average Bonchev–Trinajstić information content (AvgIpc) is 3.08. The van der Waals surface area contributed by atoms with Crippen LogP contribution in [-0.4, -0.2) is 42.2 Å². The van der Waals surface area contributed by atoms with Crippen LogP contribution in [-0.2, 0) is 21.8 Å². The van der Waals surface area contributed by atoms with Gasteiger partial charge < -0.3 is 4.74 Å². The number of aryl methyl sites for hydroxylation is 1. The van der Waals surface area contributed by atoms with E-state index in [1.807, 2.05) is 13.2 Å². The fourth-order valence-corrected chi connectivity index (χ4v) is 6.11. The maximum absolute atomic E-state index is 12.7. The molecule has 0 bridgehead atoms. The fraction of sp³-hybridized carbons (Fsp3) is 0.417. The smallest absolute Gasteiger partial charge is 0.253 e. The molecule has 1 saturated heterocycles. The van der Waals surface area contributed by atoms with Crippen LogP contribution in [0.1, 0.15) is 11.7 Å². The lowest BCUT2D eigenvalue weighted by Crippen LogP contribution is -2.41. The molecule has 6 nitrogen and oxygen atoms in total. The molecule has 0 unspecified atom stereocenters. The van der Waals surface area contributed by atoms with Crippen molar-refractivity contribution in [3.63, 3.8) is 0 Å². The summed E-state index contributed by atoms with van der Waals surface area (Å²) in [6.45, 7) is 1.05. The van der Waals surface area contributed by atoms with Gasteiger partial charge in [0.05, 0.1) is 18.9 Å². The van der Waals surface area contributed by atoms with Gasteiger partial charge in [-0.1, -0.05) is 0 Å². The summed E-state index contributed by atoms with van der Waals surface area (Å²) in [7, 11) is -1.66. The van der Waals surface area contributed by atoms with E-state index in [1.54, 1.807) is 22.3 Å². The number of hydrogen-bond donors (Lipinski definition) is 0. The van der Waals surface area contributed by atoms with E-state index < -0.39 is 10.0 Å². The maximum Gasteiger partial charge on any atom is 0.253 e. The Morgan fingerprint density at radius 3 is 2.95 bits per heavy atom. The summed E-state index contributed by atoms with van der Waals surface area (Å²) in [4.78, 5) is 0. The van der Waals surface area contributed by atoms with Crippen LogP contribution in [0.15, 0.2) is 32.5 Å². The van der Waals surface area contributed by atoms with Crippen LogP contribution in [0.5, 0.6) is 0 Å². The molecule has 0 aromatic carbocycles. The minimum atomic E-state index is -3.49. The van der Waals surface area contributed by atoms with Crippen molar-refractivity contribution in [3.05, 3.63) is 33.9 Å². The monoisotopic (exact) mass is 391 g/mol. The highest BCUT2D eigenvalue weighted by Gasteiger charge is 2.33. The van der Waals surface area contributed by atoms with E-state index >= 15 is 0 Å². The first kappa shape index (κ1) is 15.2.